The molecule has 0 radical (unpaired) electrons. The molecule has 0 unspecified atom stereocenters. The second kappa shape index (κ2) is 3.98. The third-order valence-electron chi connectivity index (χ3n) is 3.14. The van der Waals surface area contributed by atoms with Gasteiger partial charge < -0.3 is 5.73 Å². The largest absolute Gasteiger partial charge is 0.399 e. The van der Waals surface area contributed by atoms with Crippen LogP contribution in [0, 0.1) is 0 Å². The van der Waals surface area contributed by atoms with Crippen LogP contribution in [0.15, 0.2) is 18.2 Å². The highest BCUT2D eigenvalue weighted by Crippen LogP contribution is 2.28. The fourth-order valence-corrected chi connectivity index (χ4v) is 2.29. The SMILES string of the molecule is Cn1nc2ccc(N)cc2c1N1CCC(=O)NC1=O. The van der Waals surface area contributed by atoms with E-state index in [0.29, 0.717) is 18.1 Å². The van der Waals surface area contributed by atoms with Crippen LogP contribution >= 0.6 is 0 Å². The Bertz CT molecular complexity index is 691. The van der Waals surface area contributed by atoms with Crippen LogP contribution in [0.5, 0.6) is 0 Å². The van der Waals surface area contributed by atoms with Gasteiger partial charge in [-0.05, 0) is 18.2 Å². The van der Waals surface area contributed by atoms with Crippen LogP contribution in [-0.2, 0) is 11.8 Å². The van der Waals surface area contributed by atoms with Crippen LogP contribution in [-0.4, -0.2) is 28.3 Å². The average molecular weight is 259 g/mol. The van der Waals surface area contributed by atoms with Crippen molar-refractivity contribution in [3.8, 4) is 0 Å². The van der Waals surface area contributed by atoms with E-state index in [-0.39, 0.29) is 12.3 Å². The molecule has 98 valence electrons. The monoisotopic (exact) mass is 259 g/mol. The number of aromatic nitrogens is 2. The number of nitrogens with one attached hydrogen (secondary N) is 1. The normalized spacial score (nSPS) is 15.9. The summed E-state index contributed by atoms with van der Waals surface area (Å²) in [6.45, 7) is 0.341. The van der Waals surface area contributed by atoms with E-state index in [0.717, 1.165) is 10.9 Å². The number of carbonyl (C=O) groups excluding carboxylic acids is 2. The van der Waals surface area contributed by atoms with Gasteiger partial charge in [-0.1, -0.05) is 0 Å². The molecule has 1 aromatic carbocycles. The van der Waals surface area contributed by atoms with E-state index >= 15 is 0 Å². The van der Waals surface area contributed by atoms with E-state index in [1.54, 1.807) is 29.9 Å². The molecule has 0 atom stereocenters. The zero-order valence-electron chi connectivity index (χ0n) is 10.4. The Morgan fingerprint density at radius 1 is 1.37 bits per heavy atom. The van der Waals surface area contributed by atoms with Crippen LogP contribution in [0.25, 0.3) is 10.9 Å². The summed E-state index contributed by atoms with van der Waals surface area (Å²) in [4.78, 5) is 24.6. The smallest absolute Gasteiger partial charge is 0.329 e. The van der Waals surface area contributed by atoms with E-state index in [1.807, 2.05) is 0 Å². The molecular formula is C12H13N5O2. The van der Waals surface area contributed by atoms with Gasteiger partial charge in [0.15, 0.2) is 0 Å². The second-order valence-electron chi connectivity index (χ2n) is 4.48. The maximum atomic E-state index is 11.9. The number of benzene rings is 1. The highest BCUT2D eigenvalue weighted by molar-refractivity contribution is 6.09. The number of imide groups is 1. The first-order valence-electron chi connectivity index (χ1n) is 5.90. The van der Waals surface area contributed by atoms with Gasteiger partial charge in [-0.2, -0.15) is 5.10 Å². The number of hydrogen-bond donors (Lipinski definition) is 2. The molecule has 7 nitrogen and oxygen atoms in total. The standard InChI is InChI=1S/C12H13N5O2/c1-16-11(17-5-4-10(18)14-12(17)19)8-6-7(13)2-3-9(8)15-16/h2-3,6H,4-5,13H2,1H3,(H,14,18,19). The van der Waals surface area contributed by atoms with Crippen LogP contribution < -0.4 is 16.0 Å². The maximum absolute atomic E-state index is 11.9. The molecule has 1 fully saturated rings. The Balaban J connectivity index is 2.14. The minimum absolute atomic E-state index is 0.257. The van der Waals surface area contributed by atoms with Crippen molar-refractivity contribution >= 4 is 34.3 Å². The Morgan fingerprint density at radius 2 is 2.16 bits per heavy atom. The number of fused-ring (bicyclic) bond motifs is 1. The molecule has 1 aliphatic heterocycles. The van der Waals surface area contributed by atoms with Gasteiger partial charge in [-0.25, -0.2) is 4.79 Å². The second-order valence-corrected chi connectivity index (χ2v) is 4.48. The highest BCUT2D eigenvalue weighted by atomic mass is 16.2. The maximum Gasteiger partial charge on any atom is 0.329 e. The quantitative estimate of drug-likeness (QED) is 0.733. The van der Waals surface area contributed by atoms with Crippen LogP contribution in [0.3, 0.4) is 0 Å². The molecule has 7 heteroatoms. The molecule has 1 aromatic heterocycles. The van der Waals surface area contributed by atoms with Crippen molar-refractivity contribution in [2.45, 2.75) is 6.42 Å². The van der Waals surface area contributed by atoms with Crippen molar-refractivity contribution < 1.29 is 9.59 Å². The molecule has 0 bridgehead atoms. The first-order valence-corrected chi connectivity index (χ1v) is 5.90. The predicted molar refractivity (Wildman–Crippen MR) is 70.6 cm³/mol. The summed E-state index contributed by atoms with van der Waals surface area (Å²) in [6, 6.07) is 4.92. The molecule has 19 heavy (non-hydrogen) atoms. The van der Waals surface area contributed by atoms with Gasteiger partial charge in [-0.3, -0.25) is 19.7 Å². The highest BCUT2D eigenvalue weighted by Gasteiger charge is 2.28. The minimum Gasteiger partial charge on any atom is -0.399 e. The lowest BCUT2D eigenvalue weighted by Gasteiger charge is -2.26. The molecule has 3 N–H and O–H groups in total. The van der Waals surface area contributed by atoms with Gasteiger partial charge in [0, 0.05) is 31.1 Å². The molecule has 3 amide bonds. The van der Waals surface area contributed by atoms with Gasteiger partial charge in [0.05, 0.1) is 5.52 Å². The third-order valence-corrected chi connectivity index (χ3v) is 3.14. The van der Waals surface area contributed by atoms with Crippen molar-refractivity contribution in [3.05, 3.63) is 18.2 Å². The number of anilines is 2. The number of rotatable bonds is 1. The van der Waals surface area contributed by atoms with E-state index < -0.39 is 6.03 Å². The molecule has 0 saturated carbocycles. The molecule has 2 heterocycles. The fraction of sp³-hybridized carbons (Fsp3) is 0.250. The Morgan fingerprint density at radius 3 is 2.89 bits per heavy atom. The van der Waals surface area contributed by atoms with Gasteiger partial charge in [0.25, 0.3) is 0 Å². The van der Waals surface area contributed by atoms with Gasteiger partial charge in [0.1, 0.15) is 5.82 Å². The average Bonchev–Trinajstić information content (AvgIpc) is 2.65. The Hall–Kier alpha value is -2.57. The molecule has 2 aromatic rings. The third kappa shape index (κ3) is 1.79. The molecule has 0 spiro atoms. The predicted octanol–water partition coefficient (Wildman–Crippen LogP) is 0.602. The summed E-state index contributed by atoms with van der Waals surface area (Å²) < 4.78 is 1.62. The van der Waals surface area contributed by atoms with Crippen molar-refractivity contribution in [2.75, 3.05) is 17.2 Å². The number of amides is 3. The number of carbonyl (C=O) groups is 2. The van der Waals surface area contributed by atoms with Gasteiger partial charge >= 0.3 is 6.03 Å². The molecule has 1 saturated heterocycles. The summed E-state index contributed by atoms with van der Waals surface area (Å²) in [5, 5.41) is 7.44. The van der Waals surface area contributed by atoms with E-state index in [1.165, 1.54) is 4.90 Å². The topological polar surface area (TPSA) is 93.2 Å². The summed E-state index contributed by atoms with van der Waals surface area (Å²) in [5.41, 5.74) is 7.15. The number of urea groups is 1. The fourth-order valence-electron chi connectivity index (χ4n) is 2.29. The minimum atomic E-state index is -0.427. The van der Waals surface area contributed by atoms with E-state index in [9.17, 15) is 9.59 Å². The van der Waals surface area contributed by atoms with Crippen LogP contribution in [0.4, 0.5) is 16.3 Å². The lowest BCUT2D eigenvalue weighted by atomic mass is 10.2. The van der Waals surface area contributed by atoms with Crippen molar-refractivity contribution in [1.82, 2.24) is 15.1 Å². The number of aryl methyl sites for hydroxylation is 1. The summed E-state index contributed by atoms with van der Waals surface area (Å²) in [7, 11) is 1.76. The molecule has 3 rings (SSSR count). The van der Waals surface area contributed by atoms with Gasteiger partial charge in [-0.15, -0.1) is 0 Å². The molecule has 1 aliphatic rings. The molecule has 0 aliphatic carbocycles. The van der Waals surface area contributed by atoms with Crippen LogP contribution in [0.1, 0.15) is 6.42 Å². The van der Waals surface area contributed by atoms with Crippen molar-refractivity contribution in [1.29, 1.82) is 0 Å². The summed E-state index contributed by atoms with van der Waals surface area (Å²) in [6.07, 6.45) is 0.279. The summed E-state index contributed by atoms with van der Waals surface area (Å²) in [5.74, 6) is 0.388. The van der Waals surface area contributed by atoms with E-state index in [4.69, 9.17) is 5.73 Å². The number of nitrogens with two attached hydrogens (primary N) is 1. The lowest BCUT2D eigenvalue weighted by molar-refractivity contribution is -0.120. The molecular weight excluding hydrogens is 246 g/mol. The first kappa shape index (κ1) is 11.5. The zero-order chi connectivity index (χ0) is 13.6. The van der Waals surface area contributed by atoms with Crippen molar-refractivity contribution in [3.63, 3.8) is 0 Å². The number of nitrogen functional groups attached to an aromatic ring is 1. The first-order chi connectivity index (χ1) is 9.06. The lowest BCUT2D eigenvalue weighted by Crippen LogP contribution is -2.50. The van der Waals surface area contributed by atoms with E-state index in [2.05, 4.69) is 10.4 Å². The number of nitrogens with zero attached hydrogens (tertiary/aromatic N) is 3. The summed E-state index contributed by atoms with van der Waals surface area (Å²) >= 11 is 0. The van der Waals surface area contributed by atoms with Crippen molar-refractivity contribution in [2.24, 2.45) is 7.05 Å². The van der Waals surface area contributed by atoms with Crippen LogP contribution in [0.2, 0.25) is 0 Å². The Labute approximate surface area is 109 Å². The zero-order valence-corrected chi connectivity index (χ0v) is 10.4. The van der Waals surface area contributed by atoms with Gasteiger partial charge in [0.2, 0.25) is 5.91 Å². The Kier molecular flexibility index (Phi) is 2.41. The number of hydrogen-bond acceptors (Lipinski definition) is 4.